The van der Waals surface area contributed by atoms with Crippen molar-refractivity contribution in [1.29, 1.82) is 0 Å². The maximum absolute atomic E-state index is 14.0. The number of nitrogen functional groups attached to an aromatic ring is 2. The number of nitrogens with one attached hydrogen (secondary N) is 2. The summed E-state index contributed by atoms with van der Waals surface area (Å²) in [6.07, 6.45) is -13.4. The molecule has 0 spiro atoms. The Balaban J connectivity index is 0.882. The lowest BCUT2D eigenvalue weighted by atomic mass is 10.1. The molecule has 42 heteroatoms. The molecule has 3 saturated heterocycles. The minimum Gasteiger partial charge on any atom is -0.386 e. The molecule has 434 valence electrons. The van der Waals surface area contributed by atoms with Crippen LogP contribution in [0.1, 0.15) is 38.4 Å². The van der Waals surface area contributed by atoms with E-state index >= 15 is 0 Å². The standard InChI is InChI=1S/C37H52N14O24P4/c1-14(2)69-25-17(71-34(23(25)53)50-12-43-20-30(50)44-15(3)45-32(20)54)8-66-76(56,57)73-26-18(72-36(27(26)65-6)49-11-42-19-28(38)40-10-41-29(19)49)9-68-78(60,61)75-79(62,63)74-77(58,59)67-7-16-24(64-5)22(52)35(70-16)51-13-48(4)21-31(51)46-37(39)47-33(21)55/h10-14,16-18,22-27,34-36,52-53H,7-9H2,1-6H3,(H9-,38,39,40,41,44,45,46,47,54,55,56,57,58,59,60,61,62,63)/p+1/t16-,17-,18-,22+,23?,24?,25+,26+,27?,34-,35-,36-/m1/s1. The number of aliphatic hydroxyl groups is 2. The second-order valence-corrected chi connectivity index (χ2v) is 24.1. The Kier molecular flexibility index (Phi) is 16.7. The van der Waals surface area contributed by atoms with E-state index in [1.54, 1.807) is 13.8 Å². The first-order valence-corrected chi connectivity index (χ1v) is 29.1. The lowest BCUT2D eigenvalue weighted by Crippen LogP contribution is -2.46. The molecule has 3 aliphatic heterocycles. The van der Waals surface area contributed by atoms with Crippen molar-refractivity contribution in [3.63, 3.8) is 0 Å². The molecule has 6 aromatic heterocycles. The van der Waals surface area contributed by atoms with Crippen molar-refractivity contribution >= 4 is 76.5 Å². The highest BCUT2D eigenvalue weighted by atomic mass is 31.3. The number of fused-ring (bicyclic) bond motifs is 3. The van der Waals surface area contributed by atoms with E-state index in [0.717, 1.165) is 20.5 Å². The lowest BCUT2D eigenvalue weighted by Gasteiger charge is -2.27. The number of imidazole rings is 3. The van der Waals surface area contributed by atoms with Gasteiger partial charge in [0, 0.05) is 14.2 Å². The molecule has 9 rings (SSSR count). The van der Waals surface area contributed by atoms with Gasteiger partial charge in [0.05, 0.1) is 45.6 Å². The summed E-state index contributed by atoms with van der Waals surface area (Å²) in [5.41, 5.74) is 10.6. The van der Waals surface area contributed by atoms with E-state index in [0.29, 0.717) is 0 Å². The number of nitrogens with two attached hydrogens (primary N) is 2. The van der Waals surface area contributed by atoms with Gasteiger partial charge >= 0.3 is 36.9 Å². The van der Waals surface area contributed by atoms with Gasteiger partial charge in [0.2, 0.25) is 11.7 Å². The second kappa shape index (κ2) is 22.4. The molecule has 0 bridgehead atoms. The molecule has 3 aliphatic rings. The Morgan fingerprint density at radius 3 is 1.92 bits per heavy atom. The van der Waals surface area contributed by atoms with Crippen LogP contribution in [-0.2, 0) is 80.4 Å². The molecule has 6 aromatic rings. The highest BCUT2D eigenvalue weighted by Gasteiger charge is 2.54. The van der Waals surface area contributed by atoms with Gasteiger partial charge in [-0.05, 0) is 20.8 Å². The Labute approximate surface area is 441 Å². The Bertz CT molecular complexity index is 3560. The number of anilines is 2. The predicted octanol–water partition coefficient (Wildman–Crippen LogP) is -1.90. The van der Waals surface area contributed by atoms with Crippen LogP contribution in [-0.4, -0.2) is 178 Å². The van der Waals surface area contributed by atoms with E-state index in [2.05, 4.69) is 48.5 Å². The molecule has 0 amide bonds. The average molecular weight is 1200 g/mol. The molecular weight excluding hydrogens is 1150 g/mol. The molecule has 9 heterocycles. The number of hydrogen-bond acceptors (Lipinski definition) is 28. The summed E-state index contributed by atoms with van der Waals surface area (Å²) in [7, 11) is -19.5. The van der Waals surface area contributed by atoms with Crippen molar-refractivity contribution < 1.29 is 108 Å². The molecule has 79 heavy (non-hydrogen) atoms. The number of aliphatic hydroxyl groups excluding tert-OH is 2. The number of ether oxygens (including phenoxy) is 6. The SMILES string of the molecule is COC1[C@@H](OP(=O)(O)OC[C@H]2O[C@@H](n3cnc4c(=O)[nH]c(C)nc43)C(O)[C@H]2OC(C)C)[C@@H](COP(=O)(O)OP(=O)(O)OP(=O)(O)OC[C@H]2O[C@@H]([n+]3cn(C)c4c(=O)[nH]c(N)nc43)[C@@H](O)C2OC)O[C@H]1n1cnc2c(N)ncnc21. The molecular formula is C37H53N14O24P4+. The van der Waals surface area contributed by atoms with Crippen LogP contribution in [0.3, 0.4) is 0 Å². The van der Waals surface area contributed by atoms with Crippen molar-refractivity contribution in [1.82, 2.24) is 53.6 Å². The molecule has 7 unspecified atom stereocenters. The third-order valence-corrected chi connectivity index (χ3v) is 17.5. The van der Waals surface area contributed by atoms with Gasteiger partial charge in [-0.1, -0.05) is 4.98 Å². The zero-order valence-corrected chi connectivity index (χ0v) is 45.5. The first-order valence-electron chi connectivity index (χ1n) is 23.1. The van der Waals surface area contributed by atoms with E-state index < -0.39 is 142 Å². The van der Waals surface area contributed by atoms with Gasteiger partial charge in [-0.2, -0.15) is 8.62 Å². The molecule has 0 saturated carbocycles. The Morgan fingerprint density at radius 1 is 0.709 bits per heavy atom. The van der Waals surface area contributed by atoms with Crippen molar-refractivity contribution in [3.05, 3.63) is 51.8 Å². The summed E-state index contributed by atoms with van der Waals surface area (Å²) in [6, 6.07) is 0. The van der Waals surface area contributed by atoms with Crippen molar-refractivity contribution in [2.24, 2.45) is 7.05 Å². The first kappa shape index (κ1) is 58.7. The highest BCUT2D eigenvalue weighted by Crippen LogP contribution is 2.68. The number of aromatic amines is 2. The molecule has 3 fully saturated rings. The van der Waals surface area contributed by atoms with Crippen LogP contribution in [0.15, 0.2) is 34.9 Å². The van der Waals surface area contributed by atoms with Gasteiger partial charge in [-0.3, -0.25) is 46.4 Å². The Morgan fingerprint density at radius 2 is 1.29 bits per heavy atom. The molecule has 0 aliphatic carbocycles. The van der Waals surface area contributed by atoms with Gasteiger partial charge in [-0.25, -0.2) is 47.7 Å². The largest absolute Gasteiger partial charge is 0.490 e. The summed E-state index contributed by atoms with van der Waals surface area (Å²) < 4.78 is 123. The maximum atomic E-state index is 14.0. The first-order chi connectivity index (χ1) is 37.1. The highest BCUT2D eigenvalue weighted by molar-refractivity contribution is 7.66. The summed E-state index contributed by atoms with van der Waals surface area (Å²) in [4.78, 5) is 97.7. The molecule has 38 nitrogen and oxygen atoms in total. The average Bonchev–Trinajstić information content (AvgIpc) is 4.40. The van der Waals surface area contributed by atoms with Crippen LogP contribution in [0.25, 0.3) is 33.5 Å². The number of phosphoric ester groups is 3. The zero-order chi connectivity index (χ0) is 57.3. The van der Waals surface area contributed by atoms with E-state index in [1.165, 1.54) is 51.2 Å². The molecule has 0 aromatic carbocycles. The summed E-state index contributed by atoms with van der Waals surface area (Å²) in [5, 5.41) is 22.6. The minimum atomic E-state index is -6.17. The van der Waals surface area contributed by atoms with E-state index in [1.807, 2.05) is 0 Å². The van der Waals surface area contributed by atoms with Gasteiger partial charge in [-0.15, -0.1) is 0 Å². The Hall–Kier alpha value is -4.95. The van der Waals surface area contributed by atoms with Gasteiger partial charge in [0.15, 0.2) is 41.4 Å². The fraction of sp³-hybridized carbons (Fsp3) is 0.595. The fourth-order valence-electron chi connectivity index (χ4n) is 9.13. The van der Waals surface area contributed by atoms with Crippen LogP contribution in [0.4, 0.5) is 11.8 Å². The molecule has 16 atom stereocenters. The normalized spacial score (nSPS) is 29.6. The number of H-pyrrole nitrogens is 2. The summed E-state index contributed by atoms with van der Waals surface area (Å²) >= 11 is 0. The lowest BCUT2D eigenvalue weighted by molar-refractivity contribution is -0.745. The van der Waals surface area contributed by atoms with Crippen LogP contribution in [0, 0.1) is 6.92 Å². The summed E-state index contributed by atoms with van der Waals surface area (Å²) in [5.74, 6) is -0.112. The zero-order valence-electron chi connectivity index (χ0n) is 41.9. The number of rotatable bonds is 22. The van der Waals surface area contributed by atoms with E-state index in [-0.39, 0.29) is 51.1 Å². The van der Waals surface area contributed by atoms with Crippen LogP contribution in [0.2, 0.25) is 0 Å². The van der Waals surface area contributed by atoms with E-state index in [9.17, 15) is 57.6 Å². The maximum Gasteiger partial charge on any atom is 0.490 e. The summed E-state index contributed by atoms with van der Waals surface area (Å²) in [6.45, 7) is 1.77. The van der Waals surface area contributed by atoms with Gasteiger partial charge < -0.3 is 74.7 Å². The van der Waals surface area contributed by atoms with Crippen molar-refractivity contribution in [2.45, 2.75) is 100 Å². The monoisotopic (exact) mass is 1200 g/mol. The van der Waals surface area contributed by atoms with Gasteiger partial charge in [0.25, 0.3) is 17.1 Å². The number of hydrogen-bond donors (Lipinski definition) is 10. The van der Waals surface area contributed by atoms with Crippen molar-refractivity contribution in [2.75, 3.05) is 45.5 Å². The molecule has 12 N–H and O–H groups in total. The number of nitrogens with zero attached hydrogens (tertiary/aromatic N) is 10. The number of phosphoric acid groups is 4. The van der Waals surface area contributed by atoms with Crippen LogP contribution in [0.5, 0.6) is 0 Å². The number of aromatic nitrogens is 12. The fourth-order valence-corrected chi connectivity index (χ4v) is 13.6. The third kappa shape index (κ3) is 12.2. The van der Waals surface area contributed by atoms with Gasteiger partial charge in [0.1, 0.15) is 72.6 Å². The van der Waals surface area contributed by atoms with Crippen LogP contribution < -0.4 is 27.2 Å². The second-order valence-electron chi connectivity index (χ2n) is 18.0. The van der Waals surface area contributed by atoms with Crippen molar-refractivity contribution in [3.8, 4) is 0 Å². The minimum absolute atomic E-state index is 0.0279. The van der Waals surface area contributed by atoms with E-state index in [4.69, 9.17) is 58.0 Å². The molecule has 0 radical (unpaired) electrons. The third-order valence-electron chi connectivity index (χ3n) is 12.3. The van der Waals surface area contributed by atoms with Crippen LogP contribution >= 0.6 is 31.3 Å². The topological polar surface area (TPSA) is 514 Å². The number of aryl methyl sites for hydroxylation is 2. The number of methoxy groups -OCH3 is 2. The predicted molar refractivity (Wildman–Crippen MR) is 258 cm³/mol. The smallest absolute Gasteiger partial charge is 0.386 e. The quantitative estimate of drug-likeness (QED) is 0.0262.